The van der Waals surface area contributed by atoms with Gasteiger partial charge in [0.15, 0.2) is 6.10 Å². The van der Waals surface area contributed by atoms with Crippen LogP contribution in [0.1, 0.15) is 36.2 Å². The molecule has 1 aliphatic heterocycles. The number of esters is 1. The van der Waals surface area contributed by atoms with E-state index >= 15 is 0 Å². The van der Waals surface area contributed by atoms with Crippen LogP contribution in [-0.4, -0.2) is 47.4 Å². The number of aliphatic hydroxyl groups excluding tert-OH is 1. The van der Waals surface area contributed by atoms with Crippen LogP contribution in [0.4, 0.5) is 5.69 Å². The molecule has 1 aliphatic rings. The number of hydrazone groups is 1. The molecule has 0 saturated heterocycles. The summed E-state index contributed by atoms with van der Waals surface area (Å²) in [7, 11) is 0. The molecule has 2 N–H and O–H groups in total. The zero-order valence-corrected chi connectivity index (χ0v) is 17.4. The predicted octanol–water partition coefficient (Wildman–Crippen LogP) is 2.06. The van der Waals surface area contributed by atoms with Crippen LogP contribution in [0.25, 0.3) is 0 Å². The molecule has 0 radical (unpaired) electrons. The van der Waals surface area contributed by atoms with E-state index in [2.05, 4.69) is 10.4 Å². The minimum atomic E-state index is -1.51. The highest BCUT2D eigenvalue weighted by Crippen LogP contribution is 2.21. The summed E-state index contributed by atoms with van der Waals surface area (Å²) in [5.74, 6) is -1.38. The van der Waals surface area contributed by atoms with Gasteiger partial charge >= 0.3 is 5.97 Å². The molecule has 0 fully saturated rings. The molecule has 2 atom stereocenters. The van der Waals surface area contributed by atoms with Gasteiger partial charge in [0.2, 0.25) is 0 Å². The van der Waals surface area contributed by atoms with E-state index in [0.29, 0.717) is 11.3 Å². The van der Waals surface area contributed by atoms with Crippen molar-refractivity contribution in [2.75, 3.05) is 11.6 Å². The van der Waals surface area contributed by atoms with E-state index in [1.54, 1.807) is 38.1 Å². The molecule has 0 spiro atoms. The first-order chi connectivity index (χ1) is 14.9. The minimum absolute atomic E-state index is 0.126. The largest absolute Gasteiger partial charge is 0.464 e. The number of aliphatic hydroxyl groups is 1. The Labute approximate surface area is 180 Å². The number of ether oxygens (including phenoxy) is 1. The Morgan fingerprint density at radius 3 is 2.42 bits per heavy atom. The van der Waals surface area contributed by atoms with Gasteiger partial charge in [-0.25, -0.2) is 9.80 Å². The second-order valence-corrected chi connectivity index (χ2v) is 7.23. The van der Waals surface area contributed by atoms with Gasteiger partial charge in [0.25, 0.3) is 11.8 Å². The number of nitrogens with zero attached hydrogens (tertiary/aromatic N) is 2. The Hall–Kier alpha value is -3.52. The minimum Gasteiger partial charge on any atom is -0.464 e. The molecule has 3 rings (SSSR count). The summed E-state index contributed by atoms with van der Waals surface area (Å²) in [5.41, 5.74) is 2.46. The molecule has 2 amide bonds. The van der Waals surface area contributed by atoms with Crippen LogP contribution in [-0.2, 0) is 20.7 Å². The van der Waals surface area contributed by atoms with E-state index in [-0.39, 0.29) is 25.4 Å². The zero-order chi connectivity index (χ0) is 22.4. The Bertz CT molecular complexity index is 972. The predicted molar refractivity (Wildman–Crippen MR) is 116 cm³/mol. The third-order valence-electron chi connectivity index (χ3n) is 4.81. The van der Waals surface area contributed by atoms with Crippen LogP contribution in [0.2, 0.25) is 0 Å². The van der Waals surface area contributed by atoms with Crippen LogP contribution in [0.5, 0.6) is 0 Å². The molecule has 0 bridgehead atoms. The highest BCUT2D eigenvalue weighted by molar-refractivity contribution is 6.12. The number of hydrogen-bond donors (Lipinski definition) is 2. The molecular weight excluding hydrogens is 398 g/mol. The highest BCUT2D eigenvalue weighted by Gasteiger charge is 2.29. The summed E-state index contributed by atoms with van der Waals surface area (Å²) in [6.07, 6.45) is -0.987. The first kappa shape index (κ1) is 22.2. The molecule has 8 nitrogen and oxygen atoms in total. The fourth-order valence-electron chi connectivity index (χ4n) is 3.26. The average Bonchev–Trinajstić information content (AvgIpc) is 3.11. The number of amides is 2. The van der Waals surface area contributed by atoms with Gasteiger partial charge in [-0.05, 0) is 50.1 Å². The monoisotopic (exact) mass is 423 g/mol. The van der Waals surface area contributed by atoms with Crippen molar-refractivity contribution in [1.29, 1.82) is 0 Å². The smallest absolute Gasteiger partial charge is 0.337 e. The fraction of sp³-hybridized carbons (Fsp3) is 0.304. The summed E-state index contributed by atoms with van der Waals surface area (Å²) in [5, 5.41) is 18.7. The van der Waals surface area contributed by atoms with Gasteiger partial charge in [0, 0.05) is 11.3 Å². The van der Waals surface area contributed by atoms with Crippen molar-refractivity contribution in [3.8, 4) is 0 Å². The molecule has 31 heavy (non-hydrogen) atoms. The van der Waals surface area contributed by atoms with Crippen LogP contribution in [0, 0.1) is 0 Å². The summed E-state index contributed by atoms with van der Waals surface area (Å²) >= 11 is 0. The quantitative estimate of drug-likeness (QED) is 0.632. The van der Waals surface area contributed by atoms with Crippen LogP contribution >= 0.6 is 0 Å². The van der Waals surface area contributed by atoms with E-state index in [1.165, 1.54) is 5.01 Å². The van der Waals surface area contributed by atoms with Gasteiger partial charge in [0.05, 0.1) is 24.8 Å². The fourth-order valence-corrected chi connectivity index (χ4v) is 3.26. The number of carbonyl (C=O) groups is 3. The van der Waals surface area contributed by atoms with Crippen LogP contribution in [0.3, 0.4) is 0 Å². The van der Waals surface area contributed by atoms with E-state index in [9.17, 15) is 19.5 Å². The molecular formula is C23H25N3O5. The Balaban J connectivity index is 1.74. The molecule has 2 aromatic carbocycles. The molecule has 0 saturated carbocycles. The van der Waals surface area contributed by atoms with Crippen LogP contribution < -0.4 is 10.3 Å². The van der Waals surface area contributed by atoms with Gasteiger partial charge < -0.3 is 15.2 Å². The third kappa shape index (κ3) is 5.55. The summed E-state index contributed by atoms with van der Waals surface area (Å²) in [6.45, 7) is 3.55. The number of carbonyl (C=O) groups excluding carboxylic acids is 3. The van der Waals surface area contributed by atoms with Crippen LogP contribution in [0.15, 0.2) is 59.7 Å². The van der Waals surface area contributed by atoms with Gasteiger partial charge in [-0.1, -0.05) is 30.3 Å². The van der Waals surface area contributed by atoms with Crippen molar-refractivity contribution >= 4 is 29.2 Å². The lowest BCUT2D eigenvalue weighted by Crippen LogP contribution is -2.48. The van der Waals surface area contributed by atoms with Gasteiger partial charge in [-0.3, -0.25) is 9.59 Å². The standard InChI is InChI=1S/C23H25N3O5/c1-3-31-23(30)21(28)19(14-16-7-5-4-6-8-16)24-22(29)17-9-11-18(12-10-17)26-20(27)13-15(2)25-26/h4-12,19,21,28H,3,13-14H2,1-2H3,(H,24,29). The number of nitrogens with one attached hydrogen (secondary N) is 1. The van der Waals surface area contributed by atoms with Crippen molar-refractivity contribution in [3.05, 3.63) is 65.7 Å². The molecule has 2 unspecified atom stereocenters. The summed E-state index contributed by atoms with van der Waals surface area (Å²) in [6, 6.07) is 14.8. The number of anilines is 1. The molecule has 0 aliphatic carbocycles. The second kappa shape index (κ2) is 9.99. The normalized spacial score (nSPS) is 15.3. The van der Waals surface area contributed by atoms with E-state index in [0.717, 1.165) is 11.3 Å². The van der Waals surface area contributed by atoms with Crippen molar-refractivity contribution in [2.45, 2.75) is 38.8 Å². The van der Waals surface area contributed by atoms with Gasteiger partial charge in [-0.2, -0.15) is 5.10 Å². The van der Waals surface area contributed by atoms with Crippen molar-refractivity contribution in [3.63, 3.8) is 0 Å². The first-order valence-electron chi connectivity index (χ1n) is 10.1. The molecule has 0 aromatic heterocycles. The molecule has 1 heterocycles. The topological polar surface area (TPSA) is 108 Å². The van der Waals surface area contributed by atoms with Crippen molar-refractivity contribution in [1.82, 2.24) is 5.32 Å². The van der Waals surface area contributed by atoms with E-state index in [4.69, 9.17) is 4.74 Å². The number of benzene rings is 2. The highest BCUT2D eigenvalue weighted by atomic mass is 16.5. The second-order valence-electron chi connectivity index (χ2n) is 7.23. The Morgan fingerprint density at radius 2 is 1.84 bits per heavy atom. The first-order valence-corrected chi connectivity index (χ1v) is 10.1. The molecule has 8 heteroatoms. The number of hydrogen-bond acceptors (Lipinski definition) is 6. The maximum Gasteiger partial charge on any atom is 0.337 e. The lowest BCUT2D eigenvalue weighted by molar-refractivity contribution is -0.154. The lowest BCUT2D eigenvalue weighted by atomic mass is 10.0. The van der Waals surface area contributed by atoms with Crippen molar-refractivity contribution < 1.29 is 24.2 Å². The molecule has 162 valence electrons. The SMILES string of the molecule is CCOC(=O)C(O)C(Cc1ccccc1)NC(=O)c1ccc(N2N=C(C)CC2=O)cc1. The Kier molecular flexibility index (Phi) is 7.15. The van der Waals surface area contributed by atoms with E-state index < -0.39 is 24.0 Å². The maximum atomic E-state index is 12.8. The van der Waals surface area contributed by atoms with E-state index in [1.807, 2.05) is 30.3 Å². The zero-order valence-electron chi connectivity index (χ0n) is 17.4. The summed E-state index contributed by atoms with van der Waals surface area (Å²) in [4.78, 5) is 36.8. The summed E-state index contributed by atoms with van der Waals surface area (Å²) < 4.78 is 4.91. The average molecular weight is 423 g/mol. The lowest BCUT2D eigenvalue weighted by Gasteiger charge is -2.23. The van der Waals surface area contributed by atoms with Gasteiger partial charge in [-0.15, -0.1) is 0 Å². The maximum absolute atomic E-state index is 12.8. The van der Waals surface area contributed by atoms with Crippen molar-refractivity contribution in [2.24, 2.45) is 5.10 Å². The molecule has 2 aromatic rings. The third-order valence-corrected chi connectivity index (χ3v) is 4.81. The number of rotatable bonds is 8. The van der Waals surface area contributed by atoms with Gasteiger partial charge in [0.1, 0.15) is 0 Å². The Morgan fingerprint density at radius 1 is 1.16 bits per heavy atom.